The van der Waals surface area contributed by atoms with Crippen LogP contribution in [0.2, 0.25) is 0 Å². The number of aliphatic hydroxyl groups excluding tert-OH is 1. The van der Waals surface area contributed by atoms with Gasteiger partial charge >= 0.3 is 0 Å². The number of β-amino-alcohol motifs (C(OH)–C–C–N with tert-alkyl or cyclic N) is 1. The van der Waals surface area contributed by atoms with E-state index in [1.807, 2.05) is 64.4 Å². The Hall–Kier alpha value is -2.90. The fourth-order valence-electron chi connectivity index (χ4n) is 4.63. The molecule has 1 aliphatic rings. The lowest BCUT2D eigenvalue weighted by atomic mass is 9.85. The summed E-state index contributed by atoms with van der Waals surface area (Å²) in [6.07, 6.45) is -0.715. The average molecular weight is 605 g/mol. The Bertz CT molecular complexity index is 1170. The Morgan fingerprint density at radius 1 is 1.10 bits per heavy atom. The SMILES string of the molecule is CCOCCOCCOCC(=O)NC(C(=O)N1C[C@H](O)C[C@H]1C(=O)NCc1ccc(-c2scnc2C)cc1)C(C)(C)C. The van der Waals surface area contributed by atoms with E-state index in [1.165, 1.54) is 4.90 Å². The molecule has 3 N–H and O–H groups in total. The standard InChI is InChI=1S/C30H44N4O7S/c1-6-39-11-12-40-13-14-41-18-25(36)33-27(30(3,4)5)29(38)34-17-23(35)15-24(34)28(37)31-16-21-7-9-22(10-8-21)26-20(2)32-19-42-26/h7-10,19,23-24,27,35H,6,11-18H2,1-5H3,(H,31,37)(H,33,36)/t23-,24+,27?/m1/s1. The van der Waals surface area contributed by atoms with E-state index in [-0.39, 0.29) is 38.6 Å². The summed E-state index contributed by atoms with van der Waals surface area (Å²) in [5, 5.41) is 16.1. The number of rotatable bonds is 15. The lowest BCUT2D eigenvalue weighted by Gasteiger charge is -2.35. The second-order valence-electron chi connectivity index (χ2n) is 11.3. The van der Waals surface area contributed by atoms with Crippen molar-refractivity contribution in [3.8, 4) is 10.4 Å². The summed E-state index contributed by atoms with van der Waals surface area (Å²) in [5.41, 5.74) is 4.11. The molecule has 12 heteroatoms. The van der Waals surface area contributed by atoms with E-state index in [4.69, 9.17) is 14.2 Å². The zero-order valence-corrected chi connectivity index (χ0v) is 26.0. The third kappa shape index (κ3) is 9.84. The van der Waals surface area contributed by atoms with Crippen molar-refractivity contribution in [1.29, 1.82) is 0 Å². The number of aromatic nitrogens is 1. The number of hydrogen-bond acceptors (Lipinski definition) is 9. The van der Waals surface area contributed by atoms with Crippen LogP contribution < -0.4 is 10.6 Å². The highest BCUT2D eigenvalue weighted by atomic mass is 32.1. The number of carbonyl (C=O) groups is 3. The topological polar surface area (TPSA) is 139 Å². The average Bonchev–Trinajstić information content (AvgIpc) is 3.56. The summed E-state index contributed by atoms with van der Waals surface area (Å²) < 4.78 is 16.0. The minimum atomic E-state index is -0.917. The molecule has 1 aromatic carbocycles. The Kier molecular flexibility index (Phi) is 12.9. The van der Waals surface area contributed by atoms with Crippen LogP contribution in [0.4, 0.5) is 0 Å². The zero-order valence-electron chi connectivity index (χ0n) is 25.2. The zero-order chi connectivity index (χ0) is 30.7. The molecular formula is C30H44N4O7S. The van der Waals surface area contributed by atoms with Crippen molar-refractivity contribution in [3.05, 3.63) is 41.0 Å². The maximum atomic E-state index is 13.7. The summed E-state index contributed by atoms with van der Waals surface area (Å²) in [7, 11) is 0. The molecule has 1 unspecified atom stereocenters. The number of thiazole rings is 1. The number of amides is 3. The number of hydrogen-bond donors (Lipinski definition) is 3. The van der Waals surface area contributed by atoms with Crippen molar-refractivity contribution >= 4 is 29.1 Å². The molecule has 1 fully saturated rings. The van der Waals surface area contributed by atoms with Crippen LogP contribution in [0.5, 0.6) is 0 Å². The number of likely N-dealkylation sites (tertiary alicyclic amines) is 1. The molecule has 11 nitrogen and oxygen atoms in total. The van der Waals surface area contributed by atoms with Crippen molar-refractivity contribution in [2.75, 3.05) is 46.2 Å². The summed E-state index contributed by atoms with van der Waals surface area (Å²) in [6, 6.07) is 6.11. The molecular weight excluding hydrogens is 560 g/mol. The van der Waals surface area contributed by atoms with Crippen molar-refractivity contribution in [3.63, 3.8) is 0 Å². The molecule has 1 saturated heterocycles. The number of carbonyl (C=O) groups excluding carboxylic acids is 3. The Morgan fingerprint density at radius 2 is 1.76 bits per heavy atom. The van der Waals surface area contributed by atoms with E-state index in [0.717, 1.165) is 21.7 Å². The van der Waals surface area contributed by atoms with Crippen LogP contribution in [0.25, 0.3) is 10.4 Å². The second kappa shape index (κ2) is 16.1. The van der Waals surface area contributed by atoms with Crippen LogP contribution in [-0.2, 0) is 35.1 Å². The predicted molar refractivity (Wildman–Crippen MR) is 160 cm³/mol. The van der Waals surface area contributed by atoms with Crippen molar-refractivity contribution in [1.82, 2.24) is 20.5 Å². The van der Waals surface area contributed by atoms with Gasteiger partial charge in [0.2, 0.25) is 17.7 Å². The minimum Gasteiger partial charge on any atom is -0.391 e. The number of nitrogens with zero attached hydrogens (tertiary/aromatic N) is 2. The van der Waals surface area contributed by atoms with Crippen molar-refractivity contribution < 1.29 is 33.7 Å². The first-order valence-electron chi connectivity index (χ1n) is 14.3. The molecule has 3 amide bonds. The van der Waals surface area contributed by atoms with E-state index >= 15 is 0 Å². The molecule has 2 aromatic rings. The summed E-state index contributed by atoms with van der Waals surface area (Å²) in [6.45, 7) is 11.5. The highest BCUT2D eigenvalue weighted by Crippen LogP contribution is 2.28. The van der Waals surface area contributed by atoms with Crippen molar-refractivity contribution in [2.24, 2.45) is 5.41 Å². The van der Waals surface area contributed by atoms with Crippen LogP contribution >= 0.6 is 11.3 Å². The van der Waals surface area contributed by atoms with E-state index in [9.17, 15) is 19.5 Å². The Balaban J connectivity index is 1.54. The Labute approximate surface area is 251 Å². The van der Waals surface area contributed by atoms with Gasteiger partial charge in [-0.3, -0.25) is 14.4 Å². The van der Waals surface area contributed by atoms with E-state index in [2.05, 4.69) is 15.6 Å². The van der Waals surface area contributed by atoms with Gasteiger partial charge in [0.15, 0.2) is 0 Å². The van der Waals surface area contributed by atoms with E-state index in [1.54, 1.807) is 11.3 Å². The van der Waals surface area contributed by atoms with Gasteiger partial charge in [-0.2, -0.15) is 0 Å². The summed E-state index contributed by atoms with van der Waals surface area (Å²) in [4.78, 5) is 46.3. The molecule has 0 aliphatic carbocycles. The molecule has 0 radical (unpaired) electrons. The smallest absolute Gasteiger partial charge is 0.246 e. The van der Waals surface area contributed by atoms with Gasteiger partial charge in [0.05, 0.1) is 48.6 Å². The van der Waals surface area contributed by atoms with Gasteiger partial charge in [0, 0.05) is 26.1 Å². The molecule has 0 saturated carbocycles. The fraction of sp³-hybridized carbons (Fsp3) is 0.600. The van der Waals surface area contributed by atoms with Gasteiger partial charge in [0.1, 0.15) is 18.7 Å². The highest BCUT2D eigenvalue weighted by molar-refractivity contribution is 7.13. The molecule has 42 heavy (non-hydrogen) atoms. The largest absolute Gasteiger partial charge is 0.391 e. The van der Waals surface area contributed by atoms with Crippen LogP contribution in [0, 0.1) is 12.3 Å². The molecule has 1 aromatic heterocycles. The monoisotopic (exact) mass is 604 g/mol. The molecule has 3 atom stereocenters. The van der Waals surface area contributed by atoms with Crippen LogP contribution in [0.15, 0.2) is 29.8 Å². The number of aryl methyl sites for hydroxylation is 1. The molecule has 1 aliphatic heterocycles. The third-order valence-corrected chi connectivity index (χ3v) is 7.87. The quantitative estimate of drug-likeness (QED) is 0.263. The molecule has 232 valence electrons. The van der Waals surface area contributed by atoms with Gasteiger partial charge in [-0.1, -0.05) is 45.0 Å². The van der Waals surface area contributed by atoms with Gasteiger partial charge < -0.3 is 34.9 Å². The maximum Gasteiger partial charge on any atom is 0.246 e. The lowest BCUT2D eigenvalue weighted by Crippen LogP contribution is -2.58. The predicted octanol–water partition coefficient (Wildman–Crippen LogP) is 2.30. The molecule has 2 heterocycles. The minimum absolute atomic E-state index is 0.0118. The third-order valence-electron chi connectivity index (χ3n) is 6.89. The van der Waals surface area contributed by atoms with Gasteiger partial charge in [-0.25, -0.2) is 4.98 Å². The number of ether oxygens (including phenoxy) is 3. The van der Waals surface area contributed by atoms with Gasteiger partial charge in [-0.15, -0.1) is 11.3 Å². The molecule has 3 rings (SSSR count). The molecule has 0 bridgehead atoms. The normalized spacial score (nSPS) is 17.7. The highest BCUT2D eigenvalue weighted by Gasteiger charge is 2.44. The van der Waals surface area contributed by atoms with Crippen molar-refractivity contribution in [2.45, 2.75) is 65.8 Å². The Morgan fingerprint density at radius 3 is 2.38 bits per heavy atom. The first kappa shape index (κ1) is 33.6. The summed E-state index contributed by atoms with van der Waals surface area (Å²) >= 11 is 1.58. The van der Waals surface area contributed by atoms with E-state index in [0.29, 0.717) is 26.4 Å². The second-order valence-corrected chi connectivity index (χ2v) is 12.2. The van der Waals surface area contributed by atoms with Crippen LogP contribution in [-0.4, -0.2) is 97.1 Å². The number of aliphatic hydroxyl groups is 1. The first-order chi connectivity index (χ1) is 20.0. The lowest BCUT2D eigenvalue weighted by molar-refractivity contribution is -0.144. The van der Waals surface area contributed by atoms with Gasteiger partial charge in [0.25, 0.3) is 0 Å². The number of benzene rings is 1. The fourth-order valence-corrected chi connectivity index (χ4v) is 5.44. The summed E-state index contributed by atoms with van der Waals surface area (Å²) in [5.74, 6) is -1.22. The van der Waals surface area contributed by atoms with Crippen LogP contribution in [0.3, 0.4) is 0 Å². The molecule has 0 spiro atoms. The van der Waals surface area contributed by atoms with Crippen LogP contribution in [0.1, 0.15) is 45.4 Å². The van der Waals surface area contributed by atoms with E-state index < -0.39 is 35.4 Å². The maximum absolute atomic E-state index is 13.7. The first-order valence-corrected chi connectivity index (χ1v) is 15.2. The van der Waals surface area contributed by atoms with Gasteiger partial charge in [-0.05, 0) is 30.4 Å². The number of nitrogens with one attached hydrogen (secondary N) is 2.